The maximum Gasteiger partial charge on any atom is 0.251 e. The summed E-state index contributed by atoms with van der Waals surface area (Å²) in [5.74, 6) is 0.140. The predicted octanol–water partition coefficient (Wildman–Crippen LogP) is 0.402. The van der Waals surface area contributed by atoms with Crippen LogP contribution >= 0.6 is 0 Å². The van der Waals surface area contributed by atoms with E-state index in [2.05, 4.69) is 10.6 Å². The standard InChI is InChI=1S/C11H14N2O2/c1-7-4-8(2-3-10(7)14)11(15)13-9-5-12-6-9/h2-4,9,12,14H,5-6H2,1H3,(H,13,15). The van der Waals surface area contributed by atoms with Gasteiger partial charge in [0.15, 0.2) is 0 Å². The highest BCUT2D eigenvalue weighted by Gasteiger charge is 2.19. The number of amides is 1. The largest absolute Gasteiger partial charge is 0.508 e. The molecule has 1 aliphatic heterocycles. The lowest BCUT2D eigenvalue weighted by Crippen LogP contribution is -2.56. The lowest BCUT2D eigenvalue weighted by atomic mass is 10.1. The van der Waals surface area contributed by atoms with Crippen LogP contribution in [0.2, 0.25) is 0 Å². The van der Waals surface area contributed by atoms with Crippen LogP contribution in [0, 0.1) is 6.92 Å². The molecule has 2 rings (SSSR count). The molecule has 1 saturated heterocycles. The molecule has 0 radical (unpaired) electrons. The highest BCUT2D eigenvalue weighted by Crippen LogP contribution is 2.16. The van der Waals surface area contributed by atoms with Gasteiger partial charge in [-0.2, -0.15) is 0 Å². The zero-order valence-corrected chi connectivity index (χ0v) is 8.58. The first-order chi connectivity index (χ1) is 7.16. The van der Waals surface area contributed by atoms with Gasteiger partial charge in [-0.15, -0.1) is 0 Å². The number of aromatic hydroxyl groups is 1. The van der Waals surface area contributed by atoms with E-state index in [0.29, 0.717) is 5.56 Å². The monoisotopic (exact) mass is 206 g/mol. The van der Waals surface area contributed by atoms with Crippen molar-refractivity contribution in [2.75, 3.05) is 13.1 Å². The second kappa shape index (κ2) is 3.90. The van der Waals surface area contributed by atoms with Gasteiger partial charge in [0.25, 0.3) is 5.91 Å². The average Bonchev–Trinajstić information content (AvgIpc) is 2.15. The Kier molecular flexibility index (Phi) is 2.60. The molecule has 1 amide bonds. The lowest BCUT2D eigenvalue weighted by molar-refractivity contribution is 0.0924. The first-order valence-electron chi connectivity index (χ1n) is 4.98. The van der Waals surface area contributed by atoms with Gasteiger partial charge in [0.2, 0.25) is 0 Å². The molecule has 1 aliphatic rings. The SMILES string of the molecule is Cc1cc(C(=O)NC2CNC2)ccc1O. The minimum atomic E-state index is -0.0791. The van der Waals surface area contributed by atoms with Gasteiger partial charge in [0, 0.05) is 18.7 Å². The molecule has 0 spiro atoms. The van der Waals surface area contributed by atoms with E-state index in [9.17, 15) is 9.90 Å². The number of phenolic OH excluding ortho intramolecular Hbond substituents is 1. The summed E-state index contributed by atoms with van der Waals surface area (Å²) < 4.78 is 0. The van der Waals surface area contributed by atoms with Crippen molar-refractivity contribution < 1.29 is 9.90 Å². The third kappa shape index (κ3) is 2.10. The van der Waals surface area contributed by atoms with Crippen LogP contribution in [0.5, 0.6) is 5.75 Å². The van der Waals surface area contributed by atoms with E-state index >= 15 is 0 Å². The van der Waals surface area contributed by atoms with Crippen molar-refractivity contribution in [2.45, 2.75) is 13.0 Å². The Bertz CT molecular complexity index is 386. The van der Waals surface area contributed by atoms with Crippen LogP contribution in [-0.2, 0) is 0 Å². The summed E-state index contributed by atoms with van der Waals surface area (Å²) in [5, 5.41) is 15.3. The van der Waals surface area contributed by atoms with Crippen LogP contribution in [0.4, 0.5) is 0 Å². The van der Waals surface area contributed by atoms with Gasteiger partial charge in [-0.1, -0.05) is 0 Å². The minimum Gasteiger partial charge on any atom is -0.508 e. The van der Waals surface area contributed by atoms with Crippen LogP contribution < -0.4 is 10.6 Å². The number of rotatable bonds is 2. The molecular weight excluding hydrogens is 192 g/mol. The summed E-state index contributed by atoms with van der Waals surface area (Å²) >= 11 is 0. The lowest BCUT2D eigenvalue weighted by Gasteiger charge is -2.27. The van der Waals surface area contributed by atoms with Gasteiger partial charge in [-0.05, 0) is 30.7 Å². The molecule has 4 nitrogen and oxygen atoms in total. The van der Waals surface area contributed by atoms with E-state index < -0.39 is 0 Å². The molecule has 0 bridgehead atoms. The number of phenols is 1. The fourth-order valence-electron chi connectivity index (χ4n) is 1.46. The normalized spacial score (nSPS) is 15.8. The van der Waals surface area contributed by atoms with E-state index in [1.165, 1.54) is 0 Å². The van der Waals surface area contributed by atoms with E-state index in [-0.39, 0.29) is 17.7 Å². The molecule has 15 heavy (non-hydrogen) atoms. The zero-order valence-electron chi connectivity index (χ0n) is 8.58. The van der Waals surface area contributed by atoms with Gasteiger partial charge < -0.3 is 15.7 Å². The van der Waals surface area contributed by atoms with Crippen LogP contribution in [0.25, 0.3) is 0 Å². The Morgan fingerprint density at radius 2 is 2.27 bits per heavy atom. The van der Waals surface area contributed by atoms with E-state index in [1.807, 2.05) is 0 Å². The molecule has 80 valence electrons. The highest BCUT2D eigenvalue weighted by molar-refractivity contribution is 5.94. The first-order valence-corrected chi connectivity index (χ1v) is 4.98. The molecule has 1 fully saturated rings. The Balaban J connectivity index is 2.07. The quantitative estimate of drug-likeness (QED) is 0.656. The third-order valence-corrected chi connectivity index (χ3v) is 2.58. The summed E-state index contributed by atoms with van der Waals surface area (Å²) in [6.45, 7) is 3.45. The summed E-state index contributed by atoms with van der Waals surface area (Å²) in [6, 6.07) is 5.11. The topological polar surface area (TPSA) is 61.4 Å². The molecule has 1 aromatic carbocycles. The maximum absolute atomic E-state index is 11.7. The van der Waals surface area contributed by atoms with Crippen LogP contribution in [0.3, 0.4) is 0 Å². The maximum atomic E-state index is 11.7. The van der Waals surface area contributed by atoms with Gasteiger partial charge in [-0.3, -0.25) is 4.79 Å². The molecule has 0 atom stereocenters. The van der Waals surface area contributed by atoms with Crippen molar-refractivity contribution >= 4 is 5.91 Å². The summed E-state index contributed by atoms with van der Waals surface area (Å²) in [4.78, 5) is 11.7. The molecule has 0 saturated carbocycles. The second-order valence-corrected chi connectivity index (χ2v) is 3.83. The number of benzene rings is 1. The zero-order chi connectivity index (χ0) is 10.8. The Hall–Kier alpha value is -1.55. The number of carbonyl (C=O) groups is 1. The van der Waals surface area contributed by atoms with Gasteiger partial charge >= 0.3 is 0 Å². The summed E-state index contributed by atoms with van der Waals surface area (Å²) in [7, 11) is 0. The first kappa shape index (κ1) is 9.98. The van der Waals surface area contributed by atoms with E-state index in [1.54, 1.807) is 25.1 Å². The summed E-state index contributed by atoms with van der Waals surface area (Å²) in [5.41, 5.74) is 1.31. The fourth-order valence-corrected chi connectivity index (χ4v) is 1.46. The highest BCUT2D eigenvalue weighted by atomic mass is 16.3. The molecular formula is C11H14N2O2. The van der Waals surface area contributed by atoms with Crippen LogP contribution in [-0.4, -0.2) is 30.1 Å². The molecule has 0 unspecified atom stereocenters. The van der Waals surface area contributed by atoms with E-state index in [4.69, 9.17) is 0 Å². The number of carbonyl (C=O) groups excluding carboxylic acids is 1. The Morgan fingerprint density at radius 3 is 2.80 bits per heavy atom. The van der Waals surface area contributed by atoms with Crippen molar-refractivity contribution in [3.05, 3.63) is 29.3 Å². The second-order valence-electron chi connectivity index (χ2n) is 3.83. The molecule has 4 heteroatoms. The number of nitrogens with one attached hydrogen (secondary N) is 2. The molecule has 1 heterocycles. The predicted molar refractivity (Wildman–Crippen MR) is 57.0 cm³/mol. The van der Waals surface area contributed by atoms with Gasteiger partial charge in [0.05, 0.1) is 6.04 Å². The Morgan fingerprint density at radius 1 is 1.53 bits per heavy atom. The summed E-state index contributed by atoms with van der Waals surface area (Å²) in [6.07, 6.45) is 0. The fraction of sp³-hybridized carbons (Fsp3) is 0.364. The van der Waals surface area contributed by atoms with Crippen LogP contribution in [0.15, 0.2) is 18.2 Å². The van der Waals surface area contributed by atoms with E-state index in [0.717, 1.165) is 18.7 Å². The van der Waals surface area contributed by atoms with Crippen molar-refractivity contribution in [1.29, 1.82) is 0 Å². The smallest absolute Gasteiger partial charge is 0.251 e. The van der Waals surface area contributed by atoms with Gasteiger partial charge in [-0.25, -0.2) is 0 Å². The molecule has 1 aromatic rings. The van der Waals surface area contributed by atoms with Crippen LogP contribution in [0.1, 0.15) is 15.9 Å². The van der Waals surface area contributed by atoms with Crippen molar-refractivity contribution in [2.24, 2.45) is 0 Å². The number of hydrogen-bond donors (Lipinski definition) is 3. The molecule has 3 N–H and O–H groups in total. The number of aryl methyl sites for hydroxylation is 1. The van der Waals surface area contributed by atoms with Gasteiger partial charge in [0.1, 0.15) is 5.75 Å². The number of hydrogen-bond acceptors (Lipinski definition) is 3. The minimum absolute atomic E-state index is 0.0791. The van der Waals surface area contributed by atoms with Crippen molar-refractivity contribution in [3.63, 3.8) is 0 Å². The average molecular weight is 206 g/mol. The molecule has 0 aliphatic carbocycles. The van der Waals surface area contributed by atoms with Crippen molar-refractivity contribution in [3.8, 4) is 5.75 Å². The Labute approximate surface area is 88.3 Å². The third-order valence-electron chi connectivity index (χ3n) is 2.58. The molecule has 0 aromatic heterocycles. The van der Waals surface area contributed by atoms with Crippen molar-refractivity contribution in [1.82, 2.24) is 10.6 Å².